The molecule has 19 heavy (non-hydrogen) atoms. The van der Waals surface area contributed by atoms with Gasteiger partial charge in [-0.25, -0.2) is 8.42 Å². The van der Waals surface area contributed by atoms with Crippen LogP contribution in [-0.2, 0) is 14.8 Å². The summed E-state index contributed by atoms with van der Waals surface area (Å²) in [5, 5.41) is 9.41. The predicted molar refractivity (Wildman–Crippen MR) is 70.7 cm³/mol. The zero-order valence-electron chi connectivity index (χ0n) is 10.3. The minimum atomic E-state index is -3.80. The van der Waals surface area contributed by atoms with Gasteiger partial charge in [0, 0.05) is 11.6 Å². The molecule has 5 nitrogen and oxygen atoms in total. The van der Waals surface area contributed by atoms with Crippen LogP contribution in [0.15, 0.2) is 23.1 Å². The second-order valence-electron chi connectivity index (χ2n) is 4.52. The third-order valence-electron chi connectivity index (χ3n) is 3.24. The SMILES string of the molecule is Cc1ccc(S(=O)(=O)N2CCC[C@H]2C(=O)O)cc1Cl. The van der Waals surface area contributed by atoms with E-state index in [1.165, 1.54) is 12.1 Å². The molecule has 0 radical (unpaired) electrons. The van der Waals surface area contributed by atoms with Crippen molar-refractivity contribution in [2.75, 3.05) is 6.54 Å². The molecule has 1 aromatic rings. The van der Waals surface area contributed by atoms with Crippen molar-refractivity contribution < 1.29 is 18.3 Å². The van der Waals surface area contributed by atoms with Crippen molar-refractivity contribution in [3.8, 4) is 0 Å². The summed E-state index contributed by atoms with van der Waals surface area (Å²) in [4.78, 5) is 11.1. The van der Waals surface area contributed by atoms with Crippen molar-refractivity contribution in [1.29, 1.82) is 0 Å². The van der Waals surface area contributed by atoms with Crippen LogP contribution in [0.3, 0.4) is 0 Å². The fourth-order valence-corrected chi connectivity index (χ4v) is 4.07. The molecule has 1 fully saturated rings. The molecule has 1 N–H and O–H groups in total. The number of aryl methyl sites for hydroxylation is 1. The molecular weight excluding hydrogens is 290 g/mol. The Kier molecular flexibility index (Phi) is 3.85. The molecule has 0 unspecified atom stereocenters. The van der Waals surface area contributed by atoms with E-state index in [9.17, 15) is 13.2 Å². The number of hydrogen-bond donors (Lipinski definition) is 1. The molecule has 2 rings (SSSR count). The molecule has 0 amide bonds. The highest BCUT2D eigenvalue weighted by molar-refractivity contribution is 7.89. The van der Waals surface area contributed by atoms with Crippen LogP contribution in [-0.4, -0.2) is 36.4 Å². The van der Waals surface area contributed by atoms with Crippen molar-refractivity contribution >= 4 is 27.6 Å². The molecule has 0 aromatic heterocycles. The van der Waals surface area contributed by atoms with Gasteiger partial charge in [0.1, 0.15) is 6.04 Å². The quantitative estimate of drug-likeness (QED) is 0.925. The summed E-state index contributed by atoms with van der Waals surface area (Å²) in [5.41, 5.74) is 0.775. The number of aliphatic carboxylic acids is 1. The molecule has 1 saturated heterocycles. The number of rotatable bonds is 3. The first-order valence-electron chi connectivity index (χ1n) is 5.85. The van der Waals surface area contributed by atoms with Crippen LogP contribution in [0.1, 0.15) is 18.4 Å². The fourth-order valence-electron chi connectivity index (χ4n) is 2.14. The van der Waals surface area contributed by atoms with Gasteiger partial charge in [-0.1, -0.05) is 17.7 Å². The number of sulfonamides is 1. The van der Waals surface area contributed by atoms with E-state index in [0.717, 1.165) is 9.87 Å². The number of hydrogen-bond acceptors (Lipinski definition) is 3. The van der Waals surface area contributed by atoms with Crippen LogP contribution in [0, 0.1) is 6.92 Å². The second kappa shape index (κ2) is 5.11. The molecule has 1 aliphatic heterocycles. The molecule has 0 saturated carbocycles. The number of carboxylic acid groups (broad SMARTS) is 1. The molecular formula is C12H14ClNO4S. The van der Waals surface area contributed by atoms with Crippen molar-refractivity contribution in [1.82, 2.24) is 4.31 Å². The van der Waals surface area contributed by atoms with Crippen molar-refractivity contribution in [2.24, 2.45) is 0 Å². The van der Waals surface area contributed by atoms with Gasteiger partial charge in [0.25, 0.3) is 0 Å². The first-order chi connectivity index (χ1) is 8.84. The number of benzene rings is 1. The Morgan fingerprint density at radius 3 is 2.74 bits per heavy atom. The summed E-state index contributed by atoms with van der Waals surface area (Å²) in [6.07, 6.45) is 0.893. The Hall–Kier alpha value is -1.11. The fraction of sp³-hybridized carbons (Fsp3) is 0.417. The average Bonchev–Trinajstić information content (AvgIpc) is 2.82. The third-order valence-corrected chi connectivity index (χ3v) is 5.55. The van der Waals surface area contributed by atoms with Crippen molar-refractivity contribution in [3.05, 3.63) is 28.8 Å². The monoisotopic (exact) mass is 303 g/mol. The molecule has 0 aliphatic carbocycles. The van der Waals surface area contributed by atoms with Gasteiger partial charge < -0.3 is 5.11 Å². The molecule has 1 atom stereocenters. The van der Waals surface area contributed by atoms with Crippen molar-refractivity contribution in [3.63, 3.8) is 0 Å². The van der Waals surface area contributed by atoms with E-state index < -0.39 is 22.0 Å². The minimum absolute atomic E-state index is 0.0382. The third kappa shape index (κ3) is 2.61. The number of carboxylic acids is 1. The lowest BCUT2D eigenvalue weighted by molar-refractivity contribution is -0.140. The molecule has 1 heterocycles. The van der Waals surface area contributed by atoms with E-state index in [1.807, 2.05) is 0 Å². The van der Waals surface area contributed by atoms with Crippen LogP contribution in [0.25, 0.3) is 0 Å². The Balaban J connectivity index is 2.42. The Morgan fingerprint density at radius 1 is 1.47 bits per heavy atom. The van der Waals surface area contributed by atoms with E-state index >= 15 is 0 Å². The van der Waals surface area contributed by atoms with E-state index in [4.69, 9.17) is 16.7 Å². The maximum atomic E-state index is 12.4. The maximum absolute atomic E-state index is 12.4. The molecule has 1 aromatic carbocycles. The van der Waals surface area contributed by atoms with Gasteiger partial charge in [-0.2, -0.15) is 4.31 Å². The number of carbonyl (C=O) groups is 1. The number of nitrogens with zero attached hydrogens (tertiary/aromatic N) is 1. The van der Waals surface area contributed by atoms with E-state index in [-0.39, 0.29) is 11.4 Å². The Labute approximate surface area is 116 Å². The van der Waals surface area contributed by atoms with Gasteiger partial charge in [-0.05, 0) is 37.5 Å². The standard InChI is InChI=1S/C12H14ClNO4S/c1-8-4-5-9(7-10(8)13)19(17,18)14-6-2-3-11(14)12(15)16/h4-5,7,11H,2-3,6H2,1H3,(H,15,16)/t11-/m0/s1. The van der Waals surface area contributed by atoms with E-state index in [1.54, 1.807) is 13.0 Å². The highest BCUT2D eigenvalue weighted by atomic mass is 35.5. The largest absolute Gasteiger partial charge is 0.480 e. The maximum Gasteiger partial charge on any atom is 0.322 e. The summed E-state index contributed by atoms with van der Waals surface area (Å²) in [6, 6.07) is 3.45. The first kappa shape index (κ1) is 14.3. The van der Waals surface area contributed by atoms with E-state index in [0.29, 0.717) is 17.9 Å². The lowest BCUT2D eigenvalue weighted by Gasteiger charge is -2.21. The van der Waals surface area contributed by atoms with Crippen LogP contribution >= 0.6 is 11.6 Å². The topological polar surface area (TPSA) is 74.7 Å². The number of halogens is 1. The van der Waals surface area contributed by atoms with Crippen LogP contribution < -0.4 is 0 Å². The molecule has 0 bridgehead atoms. The van der Waals surface area contributed by atoms with Crippen LogP contribution in [0.4, 0.5) is 0 Å². The summed E-state index contributed by atoms with van der Waals surface area (Å²) >= 11 is 5.93. The van der Waals surface area contributed by atoms with Gasteiger partial charge in [-0.15, -0.1) is 0 Å². The average molecular weight is 304 g/mol. The van der Waals surface area contributed by atoms with E-state index in [2.05, 4.69) is 0 Å². The van der Waals surface area contributed by atoms with Gasteiger partial charge in [0.15, 0.2) is 0 Å². The summed E-state index contributed by atoms with van der Waals surface area (Å²) in [6.45, 7) is 2.00. The molecule has 1 aliphatic rings. The highest BCUT2D eigenvalue weighted by Crippen LogP contribution is 2.28. The second-order valence-corrected chi connectivity index (χ2v) is 6.82. The van der Waals surface area contributed by atoms with Crippen LogP contribution in [0.2, 0.25) is 5.02 Å². The lowest BCUT2D eigenvalue weighted by atomic mass is 10.2. The summed E-state index contributed by atoms with van der Waals surface area (Å²) < 4.78 is 25.9. The first-order valence-corrected chi connectivity index (χ1v) is 7.66. The summed E-state index contributed by atoms with van der Waals surface area (Å²) in [7, 11) is -3.80. The van der Waals surface area contributed by atoms with Crippen LogP contribution in [0.5, 0.6) is 0 Å². The molecule has 0 spiro atoms. The zero-order chi connectivity index (χ0) is 14.2. The van der Waals surface area contributed by atoms with Gasteiger partial charge in [0.05, 0.1) is 4.90 Å². The highest BCUT2D eigenvalue weighted by Gasteiger charge is 2.39. The minimum Gasteiger partial charge on any atom is -0.480 e. The summed E-state index contributed by atoms with van der Waals surface area (Å²) in [5.74, 6) is -1.11. The predicted octanol–water partition coefficient (Wildman–Crippen LogP) is 1.89. The smallest absolute Gasteiger partial charge is 0.322 e. The van der Waals surface area contributed by atoms with Gasteiger partial charge in [0.2, 0.25) is 10.0 Å². The lowest BCUT2D eigenvalue weighted by Crippen LogP contribution is -2.40. The van der Waals surface area contributed by atoms with Gasteiger partial charge >= 0.3 is 5.97 Å². The normalized spacial score (nSPS) is 20.6. The Bertz CT molecular complexity index is 614. The molecule has 7 heteroatoms. The molecule has 104 valence electrons. The Morgan fingerprint density at radius 2 is 2.16 bits per heavy atom. The zero-order valence-corrected chi connectivity index (χ0v) is 11.9. The van der Waals surface area contributed by atoms with Crippen molar-refractivity contribution in [2.45, 2.75) is 30.7 Å². The van der Waals surface area contributed by atoms with Gasteiger partial charge in [-0.3, -0.25) is 4.79 Å².